The molecule has 0 bridgehead atoms. The van der Waals surface area contributed by atoms with E-state index in [9.17, 15) is 20.2 Å². The minimum atomic E-state index is -0.712. The first-order valence-corrected chi connectivity index (χ1v) is 9.94. The second kappa shape index (κ2) is 10.6. The molecule has 0 radical (unpaired) electrons. The Bertz CT molecular complexity index is 1050. The van der Waals surface area contributed by atoms with Crippen LogP contribution >= 0.6 is 27.5 Å². The maximum absolute atomic E-state index is 12.5. The van der Waals surface area contributed by atoms with Gasteiger partial charge >= 0.3 is 0 Å². The minimum absolute atomic E-state index is 0.0164. The molecule has 0 unspecified atom stereocenters. The zero-order chi connectivity index (χ0) is 22.3. The summed E-state index contributed by atoms with van der Waals surface area (Å²) in [4.78, 5) is 22.7. The summed E-state index contributed by atoms with van der Waals surface area (Å²) in [6, 6.07) is 8.81. The van der Waals surface area contributed by atoms with E-state index in [1.54, 1.807) is 12.1 Å². The second-order valence-corrected chi connectivity index (χ2v) is 7.00. The van der Waals surface area contributed by atoms with Crippen LogP contribution in [-0.2, 0) is 4.79 Å². The van der Waals surface area contributed by atoms with Crippen molar-refractivity contribution in [3.63, 3.8) is 0 Å². The van der Waals surface area contributed by atoms with Gasteiger partial charge in [0, 0.05) is 12.1 Å². The number of ether oxygens (including phenoxy) is 2. The van der Waals surface area contributed by atoms with E-state index >= 15 is 0 Å². The number of halogens is 2. The van der Waals surface area contributed by atoms with Crippen LogP contribution in [0.2, 0.25) is 5.02 Å². The van der Waals surface area contributed by atoms with Crippen LogP contribution in [0.3, 0.4) is 0 Å². The molecule has 0 heterocycles. The lowest BCUT2D eigenvalue weighted by Crippen LogP contribution is -2.13. The molecule has 0 aliphatic rings. The molecule has 1 N–H and O–H groups in total. The van der Waals surface area contributed by atoms with E-state index in [-0.39, 0.29) is 22.0 Å². The molecule has 2 rings (SSSR count). The van der Waals surface area contributed by atoms with Gasteiger partial charge in [-0.05, 0) is 59.6 Å². The molecule has 0 aliphatic carbocycles. The molecular weight excluding hydrogens is 478 g/mol. The predicted octanol–water partition coefficient (Wildman–Crippen LogP) is 5.35. The van der Waals surface area contributed by atoms with E-state index in [1.807, 2.05) is 19.9 Å². The van der Waals surface area contributed by atoms with Crippen LogP contribution in [0.25, 0.3) is 6.08 Å². The van der Waals surface area contributed by atoms with Gasteiger partial charge in [0.25, 0.3) is 11.6 Å². The van der Waals surface area contributed by atoms with Crippen LogP contribution < -0.4 is 14.8 Å². The van der Waals surface area contributed by atoms with E-state index in [2.05, 4.69) is 21.2 Å². The Morgan fingerprint density at radius 3 is 2.57 bits per heavy atom. The highest BCUT2D eigenvalue weighted by molar-refractivity contribution is 9.10. The molecule has 30 heavy (non-hydrogen) atoms. The van der Waals surface area contributed by atoms with E-state index in [0.717, 1.165) is 6.07 Å². The zero-order valence-electron chi connectivity index (χ0n) is 16.1. The standard InChI is InChI=1S/C20H17BrClN3O5/c1-3-29-18-9-12(8-15(21)19(18)30-4-2)7-13(11-23)20(26)24-17-6-5-14(25(27)28)10-16(17)22/h5-10H,3-4H2,1-2H3,(H,24,26)/b13-7+. The molecule has 1 amide bonds. The fourth-order valence-electron chi connectivity index (χ4n) is 2.44. The largest absolute Gasteiger partial charge is 0.490 e. The van der Waals surface area contributed by atoms with Gasteiger partial charge in [0.2, 0.25) is 0 Å². The van der Waals surface area contributed by atoms with Crippen molar-refractivity contribution in [3.8, 4) is 17.6 Å². The van der Waals surface area contributed by atoms with Crippen molar-refractivity contribution in [2.45, 2.75) is 13.8 Å². The van der Waals surface area contributed by atoms with E-state index < -0.39 is 10.8 Å². The fourth-order valence-corrected chi connectivity index (χ4v) is 3.24. The van der Waals surface area contributed by atoms with E-state index in [0.29, 0.717) is 34.7 Å². The average molecular weight is 495 g/mol. The van der Waals surface area contributed by atoms with Gasteiger partial charge < -0.3 is 14.8 Å². The number of nitrogens with zero attached hydrogens (tertiary/aromatic N) is 2. The molecule has 0 aliphatic heterocycles. The lowest BCUT2D eigenvalue weighted by molar-refractivity contribution is -0.384. The number of nitriles is 1. The number of hydrogen-bond donors (Lipinski definition) is 1. The number of nitrogens with one attached hydrogen (secondary N) is 1. The van der Waals surface area contributed by atoms with Crippen molar-refractivity contribution in [1.82, 2.24) is 0 Å². The number of anilines is 1. The van der Waals surface area contributed by atoms with E-state index in [4.69, 9.17) is 21.1 Å². The fraction of sp³-hybridized carbons (Fsp3) is 0.200. The SMILES string of the molecule is CCOc1cc(/C=C(\C#N)C(=O)Nc2ccc([N+](=O)[O-])cc2Cl)cc(Br)c1OCC. The van der Waals surface area contributed by atoms with Gasteiger partial charge in [0.1, 0.15) is 11.6 Å². The average Bonchev–Trinajstić information content (AvgIpc) is 2.70. The van der Waals surface area contributed by atoms with E-state index in [1.165, 1.54) is 18.2 Å². The minimum Gasteiger partial charge on any atom is -0.490 e. The van der Waals surface area contributed by atoms with Crippen LogP contribution in [0, 0.1) is 21.4 Å². The van der Waals surface area contributed by atoms with Crippen molar-refractivity contribution < 1.29 is 19.2 Å². The van der Waals surface area contributed by atoms with Crippen molar-refractivity contribution in [1.29, 1.82) is 5.26 Å². The van der Waals surface area contributed by atoms with Crippen LogP contribution in [0.1, 0.15) is 19.4 Å². The number of rotatable bonds is 8. The molecule has 0 saturated heterocycles. The number of benzene rings is 2. The summed E-state index contributed by atoms with van der Waals surface area (Å²) in [7, 11) is 0. The Hall–Kier alpha value is -3.09. The van der Waals surface area contributed by atoms with Crippen molar-refractivity contribution in [2.24, 2.45) is 0 Å². The summed E-state index contributed by atoms with van der Waals surface area (Å²) < 4.78 is 11.8. The Morgan fingerprint density at radius 2 is 2.00 bits per heavy atom. The summed E-state index contributed by atoms with van der Waals surface area (Å²) in [5.41, 5.74) is 0.284. The number of hydrogen-bond acceptors (Lipinski definition) is 6. The quantitative estimate of drug-likeness (QED) is 0.229. The van der Waals surface area contributed by atoms with Crippen molar-refractivity contribution in [3.05, 3.63) is 61.1 Å². The number of nitro benzene ring substituents is 1. The third-order valence-electron chi connectivity index (χ3n) is 3.71. The van der Waals surface area contributed by atoms with Gasteiger partial charge in [-0.15, -0.1) is 0 Å². The molecular formula is C20H17BrClN3O5. The number of nitro groups is 1. The number of carbonyl (C=O) groups is 1. The van der Waals surface area contributed by atoms with Gasteiger partial charge in [-0.25, -0.2) is 0 Å². The Labute approximate surface area is 186 Å². The third kappa shape index (κ3) is 5.72. The molecule has 0 saturated carbocycles. The van der Waals surface area contributed by atoms with Gasteiger partial charge in [-0.2, -0.15) is 5.26 Å². The topological polar surface area (TPSA) is 114 Å². The first kappa shape index (κ1) is 23.2. The third-order valence-corrected chi connectivity index (χ3v) is 4.61. The van der Waals surface area contributed by atoms with Crippen LogP contribution in [0.4, 0.5) is 11.4 Å². The molecule has 0 spiro atoms. The van der Waals surface area contributed by atoms with Gasteiger partial charge in [-0.3, -0.25) is 14.9 Å². The summed E-state index contributed by atoms with van der Waals surface area (Å²) >= 11 is 9.40. The number of non-ortho nitro benzene ring substituents is 1. The zero-order valence-corrected chi connectivity index (χ0v) is 18.4. The highest BCUT2D eigenvalue weighted by Gasteiger charge is 2.16. The smallest absolute Gasteiger partial charge is 0.271 e. The maximum Gasteiger partial charge on any atom is 0.271 e. The molecule has 0 atom stereocenters. The first-order valence-electron chi connectivity index (χ1n) is 8.76. The van der Waals surface area contributed by atoms with Gasteiger partial charge in [-0.1, -0.05) is 11.6 Å². The Balaban J connectivity index is 2.34. The van der Waals surface area contributed by atoms with Crippen molar-refractivity contribution in [2.75, 3.05) is 18.5 Å². The molecule has 0 aromatic heterocycles. The molecule has 10 heteroatoms. The lowest BCUT2D eigenvalue weighted by atomic mass is 10.1. The second-order valence-electron chi connectivity index (χ2n) is 5.74. The maximum atomic E-state index is 12.5. The molecule has 2 aromatic carbocycles. The van der Waals surface area contributed by atoms with Crippen molar-refractivity contribution >= 4 is 50.9 Å². The monoisotopic (exact) mass is 493 g/mol. The predicted molar refractivity (Wildman–Crippen MR) is 117 cm³/mol. The van der Waals surface area contributed by atoms with Gasteiger partial charge in [0.15, 0.2) is 11.5 Å². The summed E-state index contributed by atoms with van der Waals surface area (Å²) in [6.45, 7) is 4.52. The van der Waals surface area contributed by atoms with Gasteiger partial charge in [0.05, 0.1) is 33.3 Å². The Kier molecular flexibility index (Phi) is 8.21. The summed E-state index contributed by atoms with van der Waals surface area (Å²) in [5, 5.41) is 22.7. The highest BCUT2D eigenvalue weighted by atomic mass is 79.9. The van der Waals surface area contributed by atoms with Crippen LogP contribution in [0.5, 0.6) is 11.5 Å². The molecule has 2 aromatic rings. The number of carbonyl (C=O) groups excluding carboxylic acids is 1. The molecule has 8 nitrogen and oxygen atoms in total. The Morgan fingerprint density at radius 1 is 1.30 bits per heavy atom. The molecule has 0 fully saturated rings. The van der Waals surface area contributed by atoms with Crippen LogP contribution in [-0.4, -0.2) is 24.0 Å². The highest BCUT2D eigenvalue weighted by Crippen LogP contribution is 2.37. The molecule has 156 valence electrons. The summed E-state index contributed by atoms with van der Waals surface area (Å²) in [5.74, 6) is 0.282. The number of amides is 1. The first-order chi connectivity index (χ1) is 14.3. The normalized spacial score (nSPS) is 10.8. The van der Waals surface area contributed by atoms with Crippen LogP contribution in [0.15, 0.2) is 40.4 Å². The lowest BCUT2D eigenvalue weighted by Gasteiger charge is -2.13. The summed E-state index contributed by atoms with van der Waals surface area (Å²) in [6.07, 6.45) is 1.39.